The molecule has 0 N–H and O–H groups in total. The number of hydrogen-bond donors (Lipinski definition) is 0. The van der Waals surface area contributed by atoms with Crippen molar-refractivity contribution in [3.8, 4) is 11.5 Å². The van der Waals surface area contributed by atoms with Crippen molar-refractivity contribution >= 4 is 46.8 Å². The molecule has 0 heterocycles. The third kappa shape index (κ3) is 3.98. The number of rotatable bonds is 4. The van der Waals surface area contributed by atoms with Gasteiger partial charge in [-0.25, -0.2) is 4.79 Å². The maximum atomic E-state index is 12.6. The Balaban J connectivity index is 1.61. The lowest BCUT2D eigenvalue weighted by Gasteiger charge is -2.10. The van der Waals surface area contributed by atoms with Gasteiger partial charge in [0.2, 0.25) is 0 Å². The van der Waals surface area contributed by atoms with Crippen LogP contribution < -0.4 is 9.47 Å². The van der Waals surface area contributed by atoms with E-state index in [9.17, 15) is 14.4 Å². The lowest BCUT2D eigenvalue weighted by Crippen LogP contribution is -2.09. The van der Waals surface area contributed by atoms with E-state index in [0.29, 0.717) is 21.7 Å². The van der Waals surface area contributed by atoms with Gasteiger partial charge < -0.3 is 9.47 Å². The summed E-state index contributed by atoms with van der Waals surface area (Å²) in [5, 5.41) is 0.559. The fraction of sp³-hybridized carbons (Fsp3) is 0.0417. The average molecular weight is 453 g/mol. The first-order valence-corrected chi connectivity index (χ1v) is 9.90. The van der Waals surface area contributed by atoms with Gasteiger partial charge in [-0.1, -0.05) is 53.5 Å². The highest BCUT2D eigenvalue weighted by atomic mass is 35.5. The normalized spacial score (nSPS) is 12.5. The molecule has 1 aliphatic carbocycles. The highest BCUT2D eigenvalue weighted by molar-refractivity contribution is 6.42. The van der Waals surface area contributed by atoms with Crippen LogP contribution in [0.4, 0.5) is 0 Å². The maximum Gasteiger partial charge on any atom is 0.343 e. The Morgan fingerprint density at radius 2 is 1.52 bits per heavy atom. The molecule has 0 saturated carbocycles. The molecule has 0 saturated heterocycles. The lowest BCUT2D eigenvalue weighted by molar-refractivity contribution is 0.0729. The predicted molar refractivity (Wildman–Crippen MR) is 117 cm³/mol. The molecule has 3 aromatic carbocycles. The zero-order valence-electron chi connectivity index (χ0n) is 16.1. The molecule has 5 nitrogen and oxygen atoms in total. The quantitative estimate of drug-likeness (QED) is 0.220. The molecule has 0 radical (unpaired) electrons. The van der Waals surface area contributed by atoms with Crippen molar-refractivity contribution in [2.45, 2.75) is 0 Å². The van der Waals surface area contributed by atoms with Gasteiger partial charge in [-0.3, -0.25) is 9.59 Å². The molecule has 0 bridgehead atoms. The molecule has 154 valence electrons. The summed E-state index contributed by atoms with van der Waals surface area (Å²) < 4.78 is 10.7. The van der Waals surface area contributed by atoms with E-state index in [4.69, 9.17) is 32.7 Å². The molecular weight excluding hydrogens is 439 g/mol. The van der Waals surface area contributed by atoms with Gasteiger partial charge in [-0.2, -0.15) is 0 Å². The second-order valence-corrected chi connectivity index (χ2v) is 7.50. The van der Waals surface area contributed by atoms with Gasteiger partial charge in [0, 0.05) is 11.1 Å². The van der Waals surface area contributed by atoms with E-state index in [1.165, 1.54) is 37.5 Å². The number of Topliss-reactive ketones (excluding diaryl/α,β-unsaturated/α-hetero) is 2. The summed E-state index contributed by atoms with van der Waals surface area (Å²) in [5.74, 6) is -0.852. The number of fused-ring (bicyclic) bond motifs is 1. The van der Waals surface area contributed by atoms with E-state index in [1.807, 2.05) is 0 Å². The Kier molecular flexibility index (Phi) is 5.63. The molecule has 0 atom stereocenters. The van der Waals surface area contributed by atoms with Crippen LogP contribution in [0.3, 0.4) is 0 Å². The van der Waals surface area contributed by atoms with Crippen molar-refractivity contribution in [1.29, 1.82) is 0 Å². The van der Waals surface area contributed by atoms with Crippen molar-refractivity contribution in [3.63, 3.8) is 0 Å². The zero-order valence-corrected chi connectivity index (χ0v) is 17.7. The molecule has 0 fully saturated rings. The minimum absolute atomic E-state index is 0.0730. The Morgan fingerprint density at radius 1 is 0.839 bits per heavy atom. The van der Waals surface area contributed by atoms with Gasteiger partial charge in [-0.15, -0.1) is 0 Å². The van der Waals surface area contributed by atoms with Crippen molar-refractivity contribution < 1.29 is 23.9 Å². The first kappa shape index (κ1) is 20.8. The molecule has 4 rings (SSSR count). The van der Waals surface area contributed by atoms with Crippen LogP contribution in [0.2, 0.25) is 10.0 Å². The summed E-state index contributed by atoms with van der Waals surface area (Å²) in [7, 11) is 1.42. The predicted octanol–water partition coefficient (Wildman–Crippen LogP) is 5.68. The van der Waals surface area contributed by atoms with Gasteiger partial charge in [0.1, 0.15) is 0 Å². The van der Waals surface area contributed by atoms with Crippen molar-refractivity contribution in [1.82, 2.24) is 0 Å². The number of hydrogen-bond acceptors (Lipinski definition) is 5. The molecule has 0 aromatic heterocycles. The number of halogens is 2. The molecular formula is C24H14Cl2O5. The summed E-state index contributed by atoms with van der Waals surface area (Å²) >= 11 is 11.8. The topological polar surface area (TPSA) is 69.7 Å². The number of allylic oxidation sites excluding steroid dienone is 1. The smallest absolute Gasteiger partial charge is 0.343 e. The van der Waals surface area contributed by atoms with Gasteiger partial charge in [0.25, 0.3) is 0 Å². The Morgan fingerprint density at radius 3 is 2.13 bits per heavy atom. The number of benzene rings is 3. The summed E-state index contributed by atoms with van der Waals surface area (Å²) in [4.78, 5) is 37.6. The first-order chi connectivity index (χ1) is 14.9. The van der Waals surface area contributed by atoms with Crippen LogP contribution in [0.15, 0.2) is 66.2 Å². The third-order valence-electron chi connectivity index (χ3n) is 4.76. The van der Waals surface area contributed by atoms with Crippen LogP contribution in [-0.2, 0) is 0 Å². The summed E-state index contributed by atoms with van der Waals surface area (Å²) in [6.07, 6.45) is 1.50. The van der Waals surface area contributed by atoms with Crippen LogP contribution in [0, 0.1) is 0 Å². The largest absolute Gasteiger partial charge is 0.493 e. The van der Waals surface area contributed by atoms with Crippen LogP contribution in [0.1, 0.15) is 36.6 Å². The van der Waals surface area contributed by atoms with E-state index in [1.54, 1.807) is 36.4 Å². The minimum Gasteiger partial charge on any atom is -0.493 e. The zero-order chi connectivity index (χ0) is 22.1. The molecule has 1 aliphatic rings. The number of carbonyl (C=O) groups is 3. The van der Waals surface area contributed by atoms with Gasteiger partial charge in [0.05, 0.1) is 28.3 Å². The highest BCUT2D eigenvalue weighted by Gasteiger charge is 2.32. The van der Waals surface area contributed by atoms with E-state index >= 15 is 0 Å². The van der Waals surface area contributed by atoms with Gasteiger partial charge >= 0.3 is 5.97 Å². The summed E-state index contributed by atoms with van der Waals surface area (Å²) in [6, 6.07) is 15.8. The molecule has 0 amide bonds. The highest BCUT2D eigenvalue weighted by Crippen LogP contribution is 2.32. The van der Waals surface area contributed by atoms with E-state index in [2.05, 4.69) is 0 Å². The lowest BCUT2D eigenvalue weighted by atomic mass is 10.1. The van der Waals surface area contributed by atoms with Crippen LogP contribution in [0.25, 0.3) is 6.08 Å². The van der Waals surface area contributed by atoms with Crippen molar-refractivity contribution in [2.24, 2.45) is 0 Å². The number of methoxy groups -OCH3 is 1. The van der Waals surface area contributed by atoms with Crippen LogP contribution in [-0.4, -0.2) is 24.6 Å². The standard InChI is InChI=1S/C24H14Cl2O5/c1-30-21-11-13(10-17-22(27)15-4-2-3-5-16(15)23(17)28)6-9-20(21)31-24(29)14-7-8-18(25)19(26)12-14/h2-12H,1H3. The van der Waals surface area contributed by atoms with Crippen molar-refractivity contribution in [3.05, 3.63) is 98.5 Å². The second kappa shape index (κ2) is 8.38. The fourth-order valence-electron chi connectivity index (χ4n) is 3.21. The van der Waals surface area contributed by atoms with E-state index in [0.717, 1.165) is 0 Å². The first-order valence-electron chi connectivity index (χ1n) is 9.14. The average Bonchev–Trinajstić information content (AvgIpc) is 3.01. The van der Waals surface area contributed by atoms with Crippen LogP contribution in [0.5, 0.6) is 11.5 Å². The molecule has 7 heteroatoms. The van der Waals surface area contributed by atoms with Gasteiger partial charge in [0.15, 0.2) is 23.1 Å². The molecule has 0 aliphatic heterocycles. The van der Waals surface area contributed by atoms with Crippen LogP contribution >= 0.6 is 23.2 Å². The number of carbonyl (C=O) groups excluding carboxylic acids is 3. The summed E-state index contributed by atoms with van der Waals surface area (Å²) in [6.45, 7) is 0. The van der Waals surface area contributed by atoms with Crippen molar-refractivity contribution in [2.75, 3.05) is 7.11 Å². The maximum absolute atomic E-state index is 12.6. The molecule has 31 heavy (non-hydrogen) atoms. The number of esters is 1. The molecule has 0 unspecified atom stereocenters. The van der Waals surface area contributed by atoms with E-state index in [-0.39, 0.29) is 39.2 Å². The SMILES string of the molecule is COc1cc(C=C2C(=O)c3ccccc3C2=O)ccc1OC(=O)c1ccc(Cl)c(Cl)c1. The Bertz CT molecular complexity index is 1240. The van der Waals surface area contributed by atoms with Gasteiger partial charge in [-0.05, 0) is 42.0 Å². The molecule has 3 aromatic rings. The third-order valence-corrected chi connectivity index (χ3v) is 5.50. The second-order valence-electron chi connectivity index (χ2n) is 6.69. The Labute approximate surface area is 187 Å². The number of ketones is 2. The summed E-state index contributed by atoms with van der Waals surface area (Å²) in [5.41, 5.74) is 1.62. The van der Waals surface area contributed by atoms with E-state index < -0.39 is 5.97 Å². The number of ether oxygens (including phenoxy) is 2. The minimum atomic E-state index is -0.639. The molecule has 0 spiro atoms. The Hall–Kier alpha value is -3.41. The fourth-order valence-corrected chi connectivity index (χ4v) is 3.51. The monoisotopic (exact) mass is 452 g/mol.